The molecular formula is C29H27N3O4S. The number of aryl methyl sites for hydroxylation is 2. The average molecular weight is 514 g/mol. The van der Waals surface area contributed by atoms with Crippen LogP contribution in [0.3, 0.4) is 0 Å². The fourth-order valence-electron chi connectivity index (χ4n) is 4.05. The maximum Gasteiger partial charge on any atom is 0.337 e. The molecule has 0 saturated heterocycles. The molecule has 0 saturated carbocycles. The number of ether oxygens (including phenoxy) is 1. The van der Waals surface area contributed by atoms with Crippen LogP contribution in [0.2, 0.25) is 0 Å². The predicted octanol–water partition coefficient (Wildman–Crippen LogP) is 5.66. The van der Waals surface area contributed by atoms with Gasteiger partial charge in [0.05, 0.1) is 52.5 Å². The van der Waals surface area contributed by atoms with Crippen LogP contribution < -0.4 is 10.6 Å². The molecule has 2 heterocycles. The first-order chi connectivity index (χ1) is 17.9. The fourth-order valence-corrected chi connectivity index (χ4v) is 4.89. The third kappa shape index (κ3) is 5.79. The molecule has 1 aliphatic heterocycles. The van der Waals surface area contributed by atoms with Crippen LogP contribution in [0, 0.1) is 25.2 Å². The maximum atomic E-state index is 13.2. The number of amides is 1. The number of carbonyl (C=O) groups excluding carboxylic acids is 2. The van der Waals surface area contributed by atoms with E-state index in [4.69, 9.17) is 9.15 Å². The number of hydrogen-bond donors (Lipinski definition) is 2. The first-order valence-corrected chi connectivity index (χ1v) is 12.8. The van der Waals surface area contributed by atoms with Gasteiger partial charge in [-0.25, -0.2) is 4.79 Å². The highest BCUT2D eigenvalue weighted by Gasteiger charge is 2.38. The number of allylic oxidation sites excluding steroid dienone is 1. The summed E-state index contributed by atoms with van der Waals surface area (Å²) >= 11 is 1.20. The molecule has 0 radical (unpaired) electrons. The molecule has 1 amide bonds. The van der Waals surface area contributed by atoms with Crippen LogP contribution >= 0.6 is 11.8 Å². The molecule has 8 heteroatoms. The summed E-state index contributed by atoms with van der Waals surface area (Å²) in [6.07, 6.45) is 1.50. The molecule has 7 nitrogen and oxygen atoms in total. The van der Waals surface area contributed by atoms with Crippen LogP contribution in [0.1, 0.15) is 35.3 Å². The lowest BCUT2D eigenvalue weighted by atomic mass is 9.84. The van der Waals surface area contributed by atoms with E-state index >= 15 is 0 Å². The smallest absolute Gasteiger partial charge is 0.337 e. The van der Waals surface area contributed by atoms with E-state index in [9.17, 15) is 14.9 Å². The zero-order chi connectivity index (χ0) is 26.4. The number of furan rings is 1. The van der Waals surface area contributed by atoms with E-state index in [1.54, 1.807) is 19.1 Å². The van der Waals surface area contributed by atoms with Crippen molar-refractivity contribution in [3.8, 4) is 6.07 Å². The quantitative estimate of drug-likeness (QED) is 0.374. The molecule has 4 rings (SSSR count). The first kappa shape index (κ1) is 25.9. The van der Waals surface area contributed by atoms with Crippen molar-refractivity contribution in [2.45, 2.75) is 26.7 Å². The normalized spacial score (nSPS) is 15.1. The van der Waals surface area contributed by atoms with Crippen molar-refractivity contribution in [2.24, 2.45) is 0 Å². The molecule has 188 valence electrons. The Morgan fingerprint density at radius 1 is 1.11 bits per heavy atom. The number of nitrogens with one attached hydrogen (secondary N) is 2. The van der Waals surface area contributed by atoms with Gasteiger partial charge >= 0.3 is 5.97 Å². The Kier molecular flexibility index (Phi) is 8.16. The van der Waals surface area contributed by atoms with Gasteiger partial charge in [-0.2, -0.15) is 5.26 Å². The lowest BCUT2D eigenvalue weighted by Gasteiger charge is -2.29. The summed E-state index contributed by atoms with van der Waals surface area (Å²) in [6.45, 7) is 5.92. The van der Waals surface area contributed by atoms with Crippen LogP contribution in [-0.4, -0.2) is 24.2 Å². The zero-order valence-electron chi connectivity index (χ0n) is 20.8. The molecule has 1 unspecified atom stereocenters. The third-order valence-electron chi connectivity index (χ3n) is 5.97. The van der Waals surface area contributed by atoms with E-state index in [1.807, 2.05) is 62.4 Å². The third-order valence-corrected chi connectivity index (χ3v) is 6.99. The summed E-state index contributed by atoms with van der Waals surface area (Å²) in [6, 6.07) is 20.8. The Balaban J connectivity index is 1.69. The summed E-state index contributed by atoms with van der Waals surface area (Å²) in [7, 11) is 0. The van der Waals surface area contributed by atoms with Gasteiger partial charge in [-0.1, -0.05) is 48.2 Å². The summed E-state index contributed by atoms with van der Waals surface area (Å²) < 4.78 is 11.1. The Hall–Kier alpha value is -4.22. The number of nitriles is 1. The topological polar surface area (TPSA) is 104 Å². The van der Waals surface area contributed by atoms with Gasteiger partial charge in [0.25, 0.3) is 0 Å². The molecular weight excluding hydrogens is 486 g/mol. The number of anilines is 1. The van der Waals surface area contributed by atoms with E-state index in [1.165, 1.54) is 18.0 Å². The van der Waals surface area contributed by atoms with E-state index in [2.05, 4.69) is 16.7 Å². The number of carbonyl (C=O) groups is 2. The van der Waals surface area contributed by atoms with Crippen molar-refractivity contribution in [2.75, 3.05) is 17.7 Å². The van der Waals surface area contributed by atoms with Crippen molar-refractivity contribution >= 4 is 35.0 Å². The van der Waals surface area contributed by atoms with Crippen LogP contribution in [0.15, 0.2) is 87.5 Å². The second-order valence-electron chi connectivity index (χ2n) is 8.44. The Bertz CT molecular complexity index is 1400. The summed E-state index contributed by atoms with van der Waals surface area (Å²) in [4.78, 5) is 26.0. The maximum absolute atomic E-state index is 13.2. The Morgan fingerprint density at radius 3 is 2.54 bits per heavy atom. The van der Waals surface area contributed by atoms with Crippen LogP contribution in [0.5, 0.6) is 0 Å². The van der Waals surface area contributed by atoms with Crippen molar-refractivity contribution in [1.29, 1.82) is 5.26 Å². The summed E-state index contributed by atoms with van der Waals surface area (Å²) in [5, 5.41) is 16.8. The molecule has 0 fully saturated rings. The van der Waals surface area contributed by atoms with Gasteiger partial charge < -0.3 is 19.8 Å². The minimum Gasteiger partial charge on any atom is -0.468 e. The van der Waals surface area contributed by atoms with Gasteiger partial charge in [0, 0.05) is 5.69 Å². The average Bonchev–Trinajstić information content (AvgIpc) is 3.44. The molecule has 0 aliphatic carbocycles. The molecule has 3 aromatic rings. The van der Waals surface area contributed by atoms with E-state index in [0.29, 0.717) is 22.2 Å². The molecule has 0 spiro atoms. The van der Waals surface area contributed by atoms with Crippen LogP contribution in [-0.2, 0) is 14.3 Å². The molecule has 1 aromatic heterocycles. The number of benzene rings is 2. The van der Waals surface area contributed by atoms with Crippen molar-refractivity contribution in [1.82, 2.24) is 5.32 Å². The van der Waals surface area contributed by atoms with Crippen molar-refractivity contribution in [3.63, 3.8) is 0 Å². The van der Waals surface area contributed by atoms with Gasteiger partial charge in [0.2, 0.25) is 5.91 Å². The van der Waals surface area contributed by atoms with Gasteiger partial charge in [-0.3, -0.25) is 4.79 Å². The fraction of sp³-hybridized carbons (Fsp3) is 0.207. The SMILES string of the molecule is CCOC(=O)C1=C(c2ccccc2)NC(SCC(=O)Nc2ccc(C)c(C)c2)=C(C#N)C1c1ccco1. The number of hydrogen-bond acceptors (Lipinski definition) is 7. The van der Waals surface area contributed by atoms with Crippen molar-refractivity contribution < 1.29 is 18.7 Å². The van der Waals surface area contributed by atoms with E-state index in [-0.39, 0.29) is 29.4 Å². The molecule has 1 aliphatic rings. The van der Waals surface area contributed by atoms with Crippen LogP contribution in [0.4, 0.5) is 5.69 Å². The lowest BCUT2D eigenvalue weighted by Crippen LogP contribution is -2.29. The van der Waals surface area contributed by atoms with Crippen LogP contribution in [0.25, 0.3) is 5.70 Å². The highest BCUT2D eigenvalue weighted by atomic mass is 32.2. The second-order valence-corrected chi connectivity index (χ2v) is 9.42. The van der Waals surface area contributed by atoms with Crippen molar-refractivity contribution in [3.05, 3.63) is 106 Å². The minimum absolute atomic E-state index is 0.0577. The molecule has 0 bridgehead atoms. The highest BCUT2D eigenvalue weighted by Crippen LogP contribution is 2.43. The zero-order valence-corrected chi connectivity index (χ0v) is 21.6. The summed E-state index contributed by atoms with van der Waals surface area (Å²) in [5.74, 6) is -1.05. The lowest BCUT2D eigenvalue weighted by molar-refractivity contribution is -0.138. The Labute approximate surface area is 220 Å². The van der Waals surface area contributed by atoms with Gasteiger partial charge in [-0.05, 0) is 61.7 Å². The first-order valence-electron chi connectivity index (χ1n) is 11.8. The number of thioether (sulfide) groups is 1. The number of nitrogens with zero attached hydrogens (tertiary/aromatic N) is 1. The Morgan fingerprint density at radius 2 is 1.89 bits per heavy atom. The van der Waals surface area contributed by atoms with E-state index < -0.39 is 11.9 Å². The molecule has 1 atom stereocenters. The standard InChI is InChI=1S/C29H27N3O4S/c1-4-35-29(34)26-25(23-11-8-14-36-23)22(16-30)28(32-27(26)20-9-6-5-7-10-20)37-17-24(33)31-21-13-12-18(2)19(3)15-21/h5-15,25,32H,4,17H2,1-3H3,(H,31,33). The van der Waals surface area contributed by atoms with Gasteiger partial charge in [-0.15, -0.1) is 0 Å². The molecule has 2 N–H and O–H groups in total. The number of rotatable bonds is 8. The summed E-state index contributed by atoms with van der Waals surface area (Å²) in [5.41, 5.74) is 4.75. The highest BCUT2D eigenvalue weighted by molar-refractivity contribution is 8.03. The van der Waals surface area contributed by atoms with Gasteiger partial charge in [0.15, 0.2) is 0 Å². The number of esters is 1. The predicted molar refractivity (Wildman–Crippen MR) is 144 cm³/mol. The largest absolute Gasteiger partial charge is 0.468 e. The second kappa shape index (κ2) is 11.7. The molecule has 37 heavy (non-hydrogen) atoms. The minimum atomic E-state index is -0.791. The van der Waals surface area contributed by atoms with E-state index in [0.717, 1.165) is 16.7 Å². The van der Waals surface area contributed by atoms with Gasteiger partial charge in [0.1, 0.15) is 5.76 Å². The monoisotopic (exact) mass is 513 g/mol. The molecule has 2 aromatic carbocycles. The number of dihydropyridines is 1.